The van der Waals surface area contributed by atoms with Crippen LogP contribution in [-0.2, 0) is 0 Å². The Bertz CT molecular complexity index is 962. The number of nitrogens with one attached hydrogen (secondary N) is 1. The number of hydrogen-bond donors (Lipinski definition) is 1. The van der Waals surface area contributed by atoms with Gasteiger partial charge < -0.3 is 4.42 Å². The lowest BCUT2D eigenvalue weighted by Crippen LogP contribution is -2.17. The molecular weight excluding hydrogens is 301 g/mol. The van der Waals surface area contributed by atoms with Crippen LogP contribution >= 0.6 is 0 Å². The summed E-state index contributed by atoms with van der Waals surface area (Å²) in [5.41, 5.74) is 0.611. The van der Waals surface area contributed by atoms with Crippen LogP contribution in [0, 0.1) is 19.7 Å². The van der Waals surface area contributed by atoms with E-state index in [1.807, 2.05) is 0 Å². The lowest BCUT2D eigenvalue weighted by atomic mass is 10.1. The smallest absolute Gasteiger partial charge is 0.344 e. The van der Waals surface area contributed by atoms with Crippen molar-refractivity contribution in [2.45, 2.75) is 13.8 Å². The zero-order chi connectivity index (χ0) is 16.6. The molecule has 0 fully saturated rings. The molecule has 1 aromatic carbocycles. The van der Waals surface area contributed by atoms with Gasteiger partial charge in [0.2, 0.25) is 5.95 Å². The van der Waals surface area contributed by atoms with Gasteiger partial charge >= 0.3 is 5.63 Å². The Hall–Kier alpha value is -3.09. The number of rotatable bonds is 2. The molecule has 0 atom stereocenters. The van der Waals surface area contributed by atoms with E-state index < -0.39 is 17.3 Å². The highest BCUT2D eigenvalue weighted by Gasteiger charge is 2.14. The molecule has 0 saturated heterocycles. The molecule has 0 aliphatic heterocycles. The van der Waals surface area contributed by atoms with Gasteiger partial charge in [-0.25, -0.2) is 19.2 Å². The largest absolute Gasteiger partial charge is 0.417 e. The van der Waals surface area contributed by atoms with Gasteiger partial charge in [0.25, 0.3) is 5.91 Å². The second kappa shape index (κ2) is 5.60. The fourth-order valence-corrected chi connectivity index (χ4v) is 2.21. The van der Waals surface area contributed by atoms with Crippen molar-refractivity contribution in [1.82, 2.24) is 9.97 Å². The van der Waals surface area contributed by atoms with E-state index in [9.17, 15) is 14.0 Å². The van der Waals surface area contributed by atoms with Crippen LogP contribution in [-0.4, -0.2) is 15.9 Å². The fraction of sp³-hybridized carbons (Fsp3) is 0.125. The Morgan fingerprint density at radius 2 is 1.83 bits per heavy atom. The molecule has 0 unspecified atom stereocenters. The number of aromatic nitrogens is 2. The van der Waals surface area contributed by atoms with Gasteiger partial charge in [0.15, 0.2) is 5.76 Å². The highest BCUT2D eigenvalue weighted by Crippen LogP contribution is 2.15. The molecule has 116 valence electrons. The third kappa shape index (κ3) is 3.08. The van der Waals surface area contributed by atoms with Gasteiger partial charge in [-0.2, -0.15) is 0 Å². The lowest BCUT2D eigenvalue weighted by Gasteiger charge is -2.05. The van der Waals surface area contributed by atoms with Crippen molar-refractivity contribution in [2.24, 2.45) is 0 Å². The first kappa shape index (κ1) is 14.8. The molecule has 3 aromatic rings. The van der Waals surface area contributed by atoms with Crippen molar-refractivity contribution in [3.05, 3.63) is 63.7 Å². The van der Waals surface area contributed by atoms with Gasteiger partial charge in [-0.05, 0) is 43.5 Å². The van der Waals surface area contributed by atoms with Crippen LogP contribution < -0.4 is 10.9 Å². The predicted octanol–water partition coefficient (Wildman–Crippen LogP) is 2.59. The summed E-state index contributed by atoms with van der Waals surface area (Å²) in [6, 6.07) is 6.81. The van der Waals surface area contributed by atoms with Crippen LogP contribution in [0.3, 0.4) is 0 Å². The molecule has 0 radical (unpaired) electrons. The Morgan fingerprint density at radius 3 is 2.52 bits per heavy atom. The minimum atomic E-state index is -0.784. The second-order valence-corrected chi connectivity index (χ2v) is 5.06. The Morgan fingerprint density at radius 1 is 1.13 bits per heavy atom. The predicted molar refractivity (Wildman–Crippen MR) is 81.9 cm³/mol. The number of anilines is 1. The van der Waals surface area contributed by atoms with E-state index in [2.05, 4.69) is 15.3 Å². The number of halogens is 1. The molecule has 0 saturated carbocycles. The fourth-order valence-electron chi connectivity index (χ4n) is 2.21. The van der Waals surface area contributed by atoms with E-state index >= 15 is 0 Å². The molecule has 2 heterocycles. The molecule has 2 aromatic heterocycles. The molecule has 0 aliphatic rings. The lowest BCUT2D eigenvalue weighted by molar-refractivity contribution is 0.0992. The van der Waals surface area contributed by atoms with Crippen molar-refractivity contribution < 1.29 is 13.6 Å². The molecule has 0 bridgehead atoms. The van der Waals surface area contributed by atoms with Crippen LogP contribution in [0.1, 0.15) is 21.9 Å². The third-order valence-electron chi connectivity index (χ3n) is 3.16. The van der Waals surface area contributed by atoms with Crippen LogP contribution in [0.15, 0.2) is 39.5 Å². The maximum atomic E-state index is 13.2. The number of amides is 1. The number of aryl methyl sites for hydroxylation is 2. The molecule has 1 N–H and O–H groups in total. The van der Waals surface area contributed by atoms with Crippen molar-refractivity contribution in [3.8, 4) is 0 Å². The molecule has 0 aliphatic carbocycles. The van der Waals surface area contributed by atoms with Gasteiger partial charge in [-0.15, -0.1) is 0 Å². The van der Waals surface area contributed by atoms with Crippen molar-refractivity contribution in [1.29, 1.82) is 0 Å². The number of hydrogen-bond acceptors (Lipinski definition) is 5. The van der Waals surface area contributed by atoms with Crippen LogP contribution in [0.2, 0.25) is 0 Å². The van der Waals surface area contributed by atoms with Gasteiger partial charge in [-0.1, -0.05) is 6.07 Å². The molecule has 23 heavy (non-hydrogen) atoms. The Kier molecular flexibility index (Phi) is 3.61. The van der Waals surface area contributed by atoms with E-state index in [0.29, 0.717) is 16.8 Å². The second-order valence-electron chi connectivity index (χ2n) is 5.06. The Balaban J connectivity index is 1.98. The van der Waals surface area contributed by atoms with E-state index in [4.69, 9.17) is 4.42 Å². The first-order valence-electron chi connectivity index (χ1n) is 6.79. The minimum absolute atomic E-state index is 0.0733. The van der Waals surface area contributed by atoms with Crippen molar-refractivity contribution in [3.63, 3.8) is 0 Å². The summed E-state index contributed by atoms with van der Waals surface area (Å²) >= 11 is 0. The van der Waals surface area contributed by atoms with Crippen LogP contribution in [0.4, 0.5) is 10.3 Å². The van der Waals surface area contributed by atoms with Gasteiger partial charge in [0.1, 0.15) is 5.82 Å². The van der Waals surface area contributed by atoms with Gasteiger partial charge in [0.05, 0.1) is 5.39 Å². The Labute approximate surface area is 130 Å². The molecular formula is C16H12FN3O3. The van der Waals surface area contributed by atoms with Gasteiger partial charge in [0, 0.05) is 11.4 Å². The number of carbonyl (C=O) groups excluding carboxylic acids is 1. The first-order chi connectivity index (χ1) is 10.9. The number of nitrogens with zero attached hydrogens (tertiary/aromatic N) is 2. The zero-order valence-electron chi connectivity index (χ0n) is 12.4. The van der Waals surface area contributed by atoms with E-state index in [1.165, 1.54) is 18.2 Å². The summed E-state index contributed by atoms with van der Waals surface area (Å²) in [4.78, 5) is 32.2. The molecule has 0 spiro atoms. The maximum absolute atomic E-state index is 13.2. The summed E-state index contributed by atoms with van der Waals surface area (Å²) < 4.78 is 18.1. The normalized spacial score (nSPS) is 10.7. The number of fused-ring (bicyclic) bond motifs is 1. The zero-order valence-corrected chi connectivity index (χ0v) is 12.4. The first-order valence-corrected chi connectivity index (χ1v) is 6.79. The van der Waals surface area contributed by atoms with Gasteiger partial charge in [-0.3, -0.25) is 10.1 Å². The summed E-state index contributed by atoms with van der Waals surface area (Å²) in [6.45, 7) is 3.55. The molecule has 1 amide bonds. The maximum Gasteiger partial charge on any atom is 0.344 e. The van der Waals surface area contributed by atoms with E-state index in [-0.39, 0.29) is 17.1 Å². The quantitative estimate of drug-likeness (QED) is 0.786. The average Bonchev–Trinajstić information content (AvgIpc) is 2.46. The summed E-state index contributed by atoms with van der Waals surface area (Å²) in [6.07, 6.45) is 0. The molecule has 6 nitrogen and oxygen atoms in total. The highest BCUT2D eigenvalue weighted by atomic mass is 19.1. The third-order valence-corrected chi connectivity index (χ3v) is 3.16. The van der Waals surface area contributed by atoms with E-state index in [1.54, 1.807) is 19.9 Å². The molecule has 3 rings (SSSR count). The van der Waals surface area contributed by atoms with Crippen molar-refractivity contribution >= 4 is 22.6 Å². The standard InChI is InChI=1S/C16H12FN3O3/c1-8-5-9(2)19-16(18-8)20-14(21)13-6-10-3-4-11(17)7-12(10)15(22)23-13/h3-7H,1-2H3,(H,18,19,20,21). The summed E-state index contributed by atoms with van der Waals surface area (Å²) in [5, 5.41) is 2.96. The van der Waals surface area contributed by atoms with Crippen LogP contribution in [0.5, 0.6) is 0 Å². The topological polar surface area (TPSA) is 85.1 Å². The van der Waals surface area contributed by atoms with Crippen LogP contribution in [0.25, 0.3) is 10.8 Å². The van der Waals surface area contributed by atoms with Crippen molar-refractivity contribution in [2.75, 3.05) is 5.32 Å². The summed E-state index contributed by atoms with van der Waals surface area (Å²) in [5.74, 6) is -1.28. The van der Waals surface area contributed by atoms with E-state index in [0.717, 1.165) is 6.07 Å². The molecule has 7 heteroatoms. The minimum Gasteiger partial charge on any atom is -0.417 e. The monoisotopic (exact) mass is 313 g/mol. The number of carbonyl (C=O) groups is 1. The highest BCUT2D eigenvalue weighted by molar-refractivity contribution is 6.03. The summed E-state index contributed by atoms with van der Waals surface area (Å²) in [7, 11) is 0. The number of benzene rings is 1. The SMILES string of the molecule is Cc1cc(C)nc(NC(=O)c2cc3ccc(F)cc3c(=O)o2)n1. The average molecular weight is 313 g/mol.